The van der Waals surface area contributed by atoms with Crippen LogP contribution >= 0.6 is 0 Å². The third-order valence-corrected chi connectivity index (χ3v) is 12.7. The summed E-state index contributed by atoms with van der Waals surface area (Å²) in [5.74, 6) is 0.691. The van der Waals surface area contributed by atoms with Gasteiger partial charge in [-0.2, -0.15) is 0 Å². The maximum absolute atomic E-state index is 5.27. The Kier molecular flexibility index (Phi) is 8.11. The normalized spacial score (nSPS) is 12.7. The fraction of sp³-hybridized carbons (Fsp3) is 0.0169. The quantitative estimate of drug-likeness (QED) is 0.168. The highest BCUT2D eigenvalue weighted by Gasteiger charge is 2.51. The Morgan fingerprint density at radius 3 is 1.10 bits per heavy atom. The van der Waals surface area contributed by atoms with Crippen molar-refractivity contribution in [2.24, 2.45) is 0 Å². The van der Waals surface area contributed by atoms with Crippen molar-refractivity contribution in [3.05, 3.63) is 253 Å². The molecule has 12 rings (SSSR count). The molecule has 2 nitrogen and oxygen atoms in total. The van der Waals surface area contributed by atoms with Gasteiger partial charge in [-0.15, -0.1) is 0 Å². The van der Waals surface area contributed by atoms with Crippen molar-refractivity contribution >= 4 is 0 Å². The molecule has 9 aromatic carbocycles. The molecule has 284 valence electrons. The lowest BCUT2D eigenvalue weighted by molar-refractivity contribution is 0.794. The predicted molar refractivity (Wildman–Crippen MR) is 251 cm³/mol. The van der Waals surface area contributed by atoms with Gasteiger partial charge in [-0.05, 0) is 102 Å². The van der Waals surface area contributed by atoms with Crippen molar-refractivity contribution in [3.8, 4) is 89.5 Å². The van der Waals surface area contributed by atoms with E-state index in [9.17, 15) is 0 Å². The molecule has 2 aliphatic rings. The third kappa shape index (κ3) is 5.64. The van der Waals surface area contributed by atoms with Gasteiger partial charge >= 0.3 is 0 Å². The van der Waals surface area contributed by atoms with E-state index >= 15 is 0 Å². The molecule has 0 fully saturated rings. The van der Waals surface area contributed by atoms with E-state index in [0.29, 0.717) is 5.82 Å². The smallest absolute Gasteiger partial charge is 0.160 e. The summed E-state index contributed by atoms with van der Waals surface area (Å²) in [5.41, 5.74) is 22.1. The van der Waals surface area contributed by atoms with Gasteiger partial charge in [-0.25, -0.2) is 9.97 Å². The number of hydrogen-bond acceptors (Lipinski definition) is 2. The zero-order valence-corrected chi connectivity index (χ0v) is 33.3. The molecule has 0 atom stereocenters. The predicted octanol–water partition coefficient (Wildman–Crippen LogP) is 14.8. The largest absolute Gasteiger partial charge is 0.228 e. The number of fused-ring (bicyclic) bond motifs is 10. The molecule has 0 radical (unpaired) electrons. The molecule has 2 aliphatic carbocycles. The zero-order chi connectivity index (χ0) is 40.3. The van der Waals surface area contributed by atoms with Gasteiger partial charge in [0.25, 0.3) is 0 Å². The van der Waals surface area contributed by atoms with Gasteiger partial charge < -0.3 is 0 Å². The number of nitrogens with zero attached hydrogens (tertiary/aromatic N) is 2. The highest BCUT2D eigenvalue weighted by Crippen LogP contribution is 2.63. The lowest BCUT2D eigenvalue weighted by Crippen LogP contribution is -2.25. The van der Waals surface area contributed by atoms with E-state index in [1.807, 2.05) is 0 Å². The Morgan fingerprint density at radius 1 is 0.230 bits per heavy atom. The second-order valence-corrected chi connectivity index (χ2v) is 16.1. The molecular formula is C59H38N2. The van der Waals surface area contributed by atoms with E-state index in [1.54, 1.807) is 0 Å². The first kappa shape index (κ1) is 35.0. The zero-order valence-electron chi connectivity index (χ0n) is 33.3. The summed E-state index contributed by atoms with van der Waals surface area (Å²) >= 11 is 0. The molecule has 0 bridgehead atoms. The molecule has 0 saturated carbocycles. The summed E-state index contributed by atoms with van der Waals surface area (Å²) in [4.78, 5) is 10.5. The van der Waals surface area contributed by atoms with Crippen LogP contribution < -0.4 is 0 Å². The van der Waals surface area contributed by atoms with Gasteiger partial charge in [0.05, 0.1) is 16.8 Å². The number of hydrogen-bond donors (Lipinski definition) is 0. The minimum atomic E-state index is -0.380. The van der Waals surface area contributed by atoms with Crippen LogP contribution in [0.3, 0.4) is 0 Å². The van der Waals surface area contributed by atoms with Crippen molar-refractivity contribution < 1.29 is 0 Å². The van der Waals surface area contributed by atoms with Gasteiger partial charge in [-0.3, -0.25) is 0 Å². The maximum Gasteiger partial charge on any atom is 0.160 e. The molecule has 0 N–H and O–H groups in total. The summed E-state index contributed by atoms with van der Waals surface area (Å²) in [6.07, 6.45) is 0. The molecule has 0 amide bonds. The van der Waals surface area contributed by atoms with Crippen molar-refractivity contribution in [2.45, 2.75) is 5.41 Å². The van der Waals surface area contributed by atoms with Gasteiger partial charge in [0, 0.05) is 16.7 Å². The second-order valence-electron chi connectivity index (χ2n) is 16.1. The summed E-state index contributed by atoms with van der Waals surface area (Å²) in [5, 5.41) is 0. The molecule has 1 spiro atoms. The number of aromatic nitrogens is 2. The maximum atomic E-state index is 5.27. The molecule has 10 aromatic rings. The highest BCUT2D eigenvalue weighted by atomic mass is 14.9. The van der Waals surface area contributed by atoms with Crippen LogP contribution in [0.2, 0.25) is 0 Å². The van der Waals surface area contributed by atoms with Crippen LogP contribution in [0.25, 0.3) is 89.5 Å². The van der Waals surface area contributed by atoms with Crippen molar-refractivity contribution in [1.29, 1.82) is 0 Å². The Labute approximate surface area is 356 Å². The Bertz CT molecular complexity index is 3130. The summed E-state index contributed by atoms with van der Waals surface area (Å²) in [6, 6.07) is 83.3. The van der Waals surface area contributed by atoms with Crippen LogP contribution in [0.1, 0.15) is 22.3 Å². The van der Waals surface area contributed by atoms with Crippen LogP contribution in [0, 0.1) is 0 Å². The standard InChI is InChI=1S/C59H38N2/c1-3-15-39(16-4-1)43-19-13-21-46(35-43)56-38-57(47-22-14-20-44(36-47)40-17-5-2-6-18-40)61-58(60-56)42-31-29-41(30-32-42)45-33-34-51-50-25-9-12-28-54(50)59(55(51)37-45)52-26-10-7-23-48(52)49-24-8-11-27-53(49)59/h1-38H. The molecule has 1 aromatic heterocycles. The first-order chi connectivity index (χ1) is 30.2. The molecule has 0 saturated heterocycles. The van der Waals surface area contributed by atoms with Crippen LogP contribution in [0.5, 0.6) is 0 Å². The van der Waals surface area contributed by atoms with Crippen molar-refractivity contribution in [1.82, 2.24) is 9.97 Å². The topological polar surface area (TPSA) is 25.8 Å². The van der Waals surface area contributed by atoms with Crippen LogP contribution in [0.4, 0.5) is 0 Å². The monoisotopic (exact) mass is 774 g/mol. The first-order valence-electron chi connectivity index (χ1n) is 21.0. The molecular weight excluding hydrogens is 737 g/mol. The average molecular weight is 775 g/mol. The SMILES string of the molecule is c1ccc(-c2cccc(-c3cc(-c4cccc(-c5ccccc5)c4)nc(-c4ccc(-c5ccc6c(c5)C5(c7ccccc7-c7ccccc75)c5ccccc5-6)cc4)n3)c2)cc1. The minimum Gasteiger partial charge on any atom is -0.228 e. The fourth-order valence-corrected chi connectivity index (χ4v) is 9.94. The van der Waals surface area contributed by atoms with Crippen LogP contribution in [-0.2, 0) is 5.41 Å². The summed E-state index contributed by atoms with van der Waals surface area (Å²) in [7, 11) is 0. The highest BCUT2D eigenvalue weighted by molar-refractivity contribution is 5.96. The number of benzene rings is 9. The van der Waals surface area contributed by atoms with E-state index in [2.05, 4.69) is 231 Å². The average Bonchev–Trinajstić information content (AvgIpc) is 3.82. The second kappa shape index (κ2) is 14.1. The Hall–Kier alpha value is -7.94. The van der Waals surface area contributed by atoms with Gasteiger partial charge in [0.1, 0.15) is 0 Å². The minimum absolute atomic E-state index is 0.380. The van der Waals surface area contributed by atoms with Crippen LogP contribution in [0.15, 0.2) is 231 Å². The summed E-state index contributed by atoms with van der Waals surface area (Å²) < 4.78 is 0. The van der Waals surface area contributed by atoms with Crippen molar-refractivity contribution in [2.75, 3.05) is 0 Å². The molecule has 0 unspecified atom stereocenters. The van der Waals surface area contributed by atoms with E-state index in [1.165, 1.54) is 61.2 Å². The Morgan fingerprint density at radius 2 is 0.590 bits per heavy atom. The van der Waals surface area contributed by atoms with Crippen LogP contribution in [-0.4, -0.2) is 9.97 Å². The van der Waals surface area contributed by atoms with E-state index in [4.69, 9.17) is 9.97 Å². The van der Waals surface area contributed by atoms with Gasteiger partial charge in [0.2, 0.25) is 0 Å². The van der Waals surface area contributed by atoms with E-state index < -0.39 is 0 Å². The third-order valence-electron chi connectivity index (χ3n) is 12.7. The molecule has 1 heterocycles. The van der Waals surface area contributed by atoms with E-state index in [-0.39, 0.29) is 5.41 Å². The summed E-state index contributed by atoms with van der Waals surface area (Å²) in [6.45, 7) is 0. The first-order valence-corrected chi connectivity index (χ1v) is 21.0. The lowest BCUT2D eigenvalue weighted by Gasteiger charge is -2.30. The molecule has 0 aliphatic heterocycles. The number of rotatable bonds is 6. The van der Waals surface area contributed by atoms with Crippen molar-refractivity contribution in [3.63, 3.8) is 0 Å². The molecule has 2 heteroatoms. The Balaban J connectivity index is 0.971. The van der Waals surface area contributed by atoms with Gasteiger partial charge in [-0.1, -0.05) is 206 Å². The van der Waals surface area contributed by atoms with E-state index in [0.717, 1.165) is 44.8 Å². The lowest BCUT2D eigenvalue weighted by atomic mass is 9.70. The van der Waals surface area contributed by atoms with Gasteiger partial charge in [0.15, 0.2) is 5.82 Å². The fourth-order valence-electron chi connectivity index (χ4n) is 9.94. The molecule has 61 heavy (non-hydrogen) atoms.